The van der Waals surface area contributed by atoms with Crippen LogP contribution in [0, 0.1) is 6.92 Å². The second-order valence-corrected chi connectivity index (χ2v) is 2.86. The van der Waals surface area contributed by atoms with E-state index in [1.165, 1.54) is 0 Å². The van der Waals surface area contributed by atoms with E-state index in [-0.39, 0.29) is 5.43 Å². The van der Waals surface area contributed by atoms with Gasteiger partial charge in [-0.05, 0) is 19.1 Å². The maximum atomic E-state index is 11.4. The molecule has 1 N–H and O–H groups in total. The van der Waals surface area contributed by atoms with Crippen molar-refractivity contribution in [1.29, 1.82) is 0 Å². The Hall–Kier alpha value is -1.57. The summed E-state index contributed by atoms with van der Waals surface area (Å²) in [5, 5.41) is 0.753. The first-order valence-corrected chi connectivity index (χ1v) is 4.86. The highest BCUT2D eigenvalue weighted by molar-refractivity contribution is 5.78. The Morgan fingerprint density at radius 2 is 1.79 bits per heavy atom. The molecule has 2 aromatic rings. The molecule has 1 aromatic heterocycles. The molecule has 0 spiro atoms. The summed E-state index contributed by atoms with van der Waals surface area (Å²) < 4.78 is 0. The molecule has 0 amide bonds. The summed E-state index contributed by atoms with van der Waals surface area (Å²) in [6.07, 6.45) is 0. The number of hydrogen-bond acceptors (Lipinski definition) is 1. The van der Waals surface area contributed by atoms with Crippen molar-refractivity contribution in [2.45, 2.75) is 20.8 Å². The first-order chi connectivity index (χ1) is 6.77. The number of pyridine rings is 1. The average molecular weight is 189 g/mol. The van der Waals surface area contributed by atoms with Crippen LogP contribution in [0.1, 0.15) is 19.5 Å². The van der Waals surface area contributed by atoms with E-state index in [0.29, 0.717) is 0 Å². The number of aromatic nitrogens is 1. The van der Waals surface area contributed by atoms with E-state index >= 15 is 0 Å². The van der Waals surface area contributed by atoms with Gasteiger partial charge in [0.1, 0.15) is 0 Å². The standard InChI is InChI=1S/C10H9NO.C2H6/c1-7-6-10(12)8-4-2-3-5-9(8)11-7;1-2/h2-6H,1H3,(H,11,12);1-2H3. The van der Waals surface area contributed by atoms with Gasteiger partial charge in [0.25, 0.3) is 0 Å². The van der Waals surface area contributed by atoms with Crippen molar-refractivity contribution in [1.82, 2.24) is 4.98 Å². The van der Waals surface area contributed by atoms with E-state index in [0.717, 1.165) is 16.6 Å². The Morgan fingerprint density at radius 1 is 1.14 bits per heavy atom. The van der Waals surface area contributed by atoms with E-state index in [2.05, 4.69) is 4.98 Å². The number of fused-ring (bicyclic) bond motifs is 1. The second-order valence-electron chi connectivity index (χ2n) is 2.86. The fourth-order valence-electron chi connectivity index (χ4n) is 1.33. The summed E-state index contributed by atoms with van der Waals surface area (Å²) in [5.74, 6) is 0. The number of benzene rings is 1. The predicted molar refractivity (Wildman–Crippen MR) is 60.7 cm³/mol. The fourth-order valence-corrected chi connectivity index (χ4v) is 1.33. The lowest BCUT2D eigenvalue weighted by molar-refractivity contribution is 1.24. The van der Waals surface area contributed by atoms with Crippen molar-refractivity contribution in [2.75, 3.05) is 0 Å². The normalized spacial score (nSPS) is 9.36. The van der Waals surface area contributed by atoms with Gasteiger partial charge in [-0.15, -0.1) is 0 Å². The molecular weight excluding hydrogens is 174 g/mol. The predicted octanol–water partition coefficient (Wildman–Crippen LogP) is 2.86. The van der Waals surface area contributed by atoms with Gasteiger partial charge in [0.2, 0.25) is 0 Å². The molecule has 2 heteroatoms. The van der Waals surface area contributed by atoms with Crippen molar-refractivity contribution >= 4 is 10.9 Å². The van der Waals surface area contributed by atoms with Crippen LogP contribution in [0.25, 0.3) is 10.9 Å². The molecule has 14 heavy (non-hydrogen) atoms. The van der Waals surface area contributed by atoms with Crippen molar-refractivity contribution < 1.29 is 0 Å². The zero-order valence-corrected chi connectivity index (χ0v) is 8.79. The van der Waals surface area contributed by atoms with Gasteiger partial charge >= 0.3 is 0 Å². The summed E-state index contributed by atoms with van der Waals surface area (Å²) in [6, 6.07) is 9.13. The summed E-state index contributed by atoms with van der Waals surface area (Å²) in [4.78, 5) is 14.5. The monoisotopic (exact) mass is 189 g/mol. The second kappa shape index (κ2) is 4.61. The average Bonchev–Trinajstić information content (AvgIpc) is 2.20. The minimum atomic E-state index is 0.0850. The molecule has 0 bridgehead atoms. The quantitative estimate of drug-likeness (QED) is 0.679. The lowest BCUT2D eigenvalue weighted by Crippen LogP contribution is -2.01. The first-order valence-electron chi connectivity index (χ1n) is 4.86. The van der Waals surface area contributed by atoms with Gasteiger partial charge in [0, 0.05) is 22.7 Å². The van der Waals surface area contributed by atoms with Crippen molar-refractivity contribution in [3.8, 4) is 0 Å². The van der Waals surface area contributed by atoms with E-state index in [9.17, 15) is 4.79 Å². The molecule has 0 atom stereocenters. The number of rotatable bonds is 0. The van der Waals surface area contributed by atoms with Crippen LogP contribution >= 0.6 is 0 Å². The van der Waals surface area contributed by atoms with Crippen molar-refractivity contribution in [3.05, 3.63) is 46.2 Å². The van der Waals surface area contributed by atoms with Crippen LogP contribution in [0.2, 0.25) is 0 Å². The first kappa shape index (κ1) is 10.5. The Bertz CT molecular complexity index is 471. The molecule has 74 valence electrons. The van der Waals surface area contributed by atoms with Crippen LogP contribution in [-0.4, -0.2) is 4.98 Å². The highest BCUT2D eigenvalue weighted by atomic mass is 16.1. The molecule has 0 unspecified atom stereocenters. The highest BCUT2D eigenvalue weighted by Gasteiger charge is 1.96. The number of para-hydroxylation sites is 1. The summed E-state index contributed by atoms with van der Waals surface area (Å²) >= 11 is 0. The van der Waals surface area contributed by atoms with Crippen molar-refractivity contribution in [2.24, 2.45) is 0 Å². The number of nitrogens with one attached hydrogen (secondary N) is 1. The molecule has 0 aliphatic rings. The largest absolute Gasteiger partial charge is 0.358 e. The molecule has 0 saturated carbocycles. The lowest BCUT2D eigenvalue weighted by atomic mass is 10.2. The summed E-state index contributed by atoms with van der Waals surface area (Å²) in [5.41, 5.74) is 1.89. The number of hydrogen-bond donors (Lipinski definition) is 1. The van der Waals surface area contributed by atoms with Gasteiger partial charge in [-0.1, -0.05) is 26.0 Å². The summed E-state index contributed by atoms with van der Waals surface area (Å²) in [7, 11) is 0. The fraction of sp³-hybridized carbons (Fsp3) is 0.250. The van der Waals surface area contributed by atoms with Crippen LogP contribution in [0.4, 0.5) is 0 Å². The molecule has 0 aliphatic carbocycles. The van der Waals surface area contributed by atoms with Gasteiger partial charge in [0.15, 0.2) is 5.43 Å². The molecule has 1 heterocycles. The van der Waals surface area contributed by atoms with Crippen LogP contribution < -0.4 is 5.43 Å². The van der Waals surface area contributed by atoms with Crippen LogP contribution in [0.3, 0.4) is 0 Å². The van der Waals surface area contributed by atoms with Gasteiger partial charge in [-0.2, -0.15) is 0 Å². The molecule has 0 saturated heterocycles. The maximum absolute atomic E-state index is 11.4. The third-order valence-electron chi connectivity index (χ3n) is 1.87. The minimum Gasteiger partial charge on any atom is -0.358 e. The molecule has 0 aliphatic heterocycles. The van der Waals surface area contributed by atoms with E-state index in [1.54, 1.807) is 6.07 Å². The maximum Gasteiger partial charge on any atom is 0.189 e. The van der Waals surface area contributed by atoms with Crippen LogP contribution in [0.5, 0.6) is 0 Å². The van der Waals surface area contributed by atoms with Gasteiger partial charge in [0.05, 0.1) is 0 Å². The molecular formula is C12H15NO. The van der Waals surface area contributed by atoms with E-state index in [4.69, 9.17) is 0 Å². The third kappa shape index (κ3) is 2.02. The van der Waals surface area contributed by atoms with Crippen LogP contribution in [0.15, 0.2) is 35.1 Å². The zero-order chi connectivity index (χ0) is 10.6. The SMILES string of the molecule is CC.Cc1cc(=O)c2ccccc2[nH]1. The van der Waals surface area contributed by atoms with Gasteiger partial charge in [-0.3, -0.25) is 4.79 Å². The lowest BCUT2D eigenvalue weighted by Gasteiger charge is -1.97. The molecule has 2 rings (SSSR count). The van der Waals surface area contributed by atoms with Crippen LogP contribution in [-0.2, 0) is 0 Å². The Morgan fingerprint density at radius 3 is 2.50 bits per heavy atom. The molecule has 1 aromatic carbocycles. The van der Waals surface area contributed by atoms with Crippen molar-refractivity contribution in [3.63, 3.8) is 0 Å². The Balaban J connectivity index is 0.000000461. The number of aryl methyl sites for hydroxylation is 1. The molecule has 0 fully saturated rings. The van der Waals surface area contributed by atoms with Gasteiger partial charge in [-0.25, -0.2) is 0 Å². The summed E-state index contributed by atoms with van der Waals surface area (Å²) in [6.45, 7) is 5.88. The zero-order valence-electron chi connectivity index (χ0n) is 8.79. The Labute approximate surface area is 83.6 Å². The molecule has 0 radical (unpaired) electrons. The molecule has 2 nitrogen and oxygen atoms in total. The minimum absolute atomic E-state index is 0.0850. The van der Waals surface area contributed by atoms with E-state index in [1.807, 2.05) is 45.0 Å². The topological polar surface area (TPSA) is 32.9 Å². The highest BCUT2D eigenvalue weighted by Crippen LogP contribution is 2.05. The van der Waals surface area contributed by atoms with E-state index < -0.39 is 0 Å². The number of aromatic amines is 1. The smallest absolute Gasteiger partial charge is 0.189 e. The third-order valence-corrected chi connectivity index (χ3v) is 1.87. The Kier molecular flexibility index (Phi) is 3.46. The number of H-pyrrole nitrogens is 1. The van der Waals surface area contributed by atoms with Gasteiger partial charge < -0.3 is 4.98 Å².